The van der Waals surface area contributed by atoms with Crippen molar-refractivity contribution in [3.63, 3.8) is 0 Å². The highest BCUT2D eigenvalue weighted by molar-refractivity contribution is 5.91. The average Bonchev–Trinajstić information content (AvgIpc) is 2.79. The minimum atomic E-state index is -0.252. The molecule has 0 spiro atoms. The minimum absolute atomic E-state index is 0.0794. The van der Waals surface area contributed by atoms with E-state index in [9.17, 15) is 9.59 Å². The molecule has 0 fully saturated rings. The number of carbonyl (C=O) groups excluding carboxylic acids is 1. The molecule has 0 bridgehead atoms. The molecule has 1 N–H and O–H groups in total. The van der Waals surface area contributed by atoms with Crippen LogP contribution in [0.15, 0.2) is 77.7 Å². The summed E-state index contributed by atoms with van der Waals surface area (Å²) in [6.07, 6.45) is 1.68. The van der Waals surface area contributed by atoms with Crippen molar-refractivity contribution in [2.75, 3.05) is 11.9 Å². The molecule has 0 saturated heterocycles. The minimum Gasteiger partial charge on any atom is -0.487 e. The molecule has 0 saturated carbocycles. The number of anilines is 1. The quantitative estimate of drug-likeness (QED) is 0.482. The van der Waals surface area contributed by atoms with Crippen LogP contribution in [0.2, 0.25) is 0 Å². The van der Waals surface area contributed by atoms with E-state index < -0.39 is 0 Å². The number of fused-ring (bicyclic) bond motifs is 1. The van der Waals surface area contributed by atoms with Crippen molar-refractivity contribution in [3.05, 3.63) is 100 Å². The van der Waals surface area contributed by atoms with Gasteiger partial charge >= 0.3 is 0 Å². The Morgan fingerprint density at radius 3 is 2.50 bits per heavy atom. The second kappa shape index (κ2) is 9.34. The fraction of sp³-hybridized carbons (Fsp3) is 0.160. The topological polar surface area (TPSA) is 81.9 Å². The maximum atomic E-state index is 12.2. The van der Waals surface area contributed by atoms with E-state index in [-0.39, 0.29) is 24.7 Å². The van der Waals surface area contributed by atoms with Crippen molar-refractivity contribution in [1.82, 2.24) is 9.38 Å². The number of aromatic nitrogens is 2. The molecule has 32 heavy (non-hydrogen) atoms. The number of hydrogen-bond acceptors (Lipinski definition) is 5. The summed E-state index contributed by atoms with van der Waals surface area (Å²) in [6, 6.07) is 19.5. The first-order valence-electron chi connectivity index (χ1n) is 10.2. The van der Waals surface area contributed by atoms with Gasteiger partial charge < -0.3 is 14.8 Å². The molecule has 4 aromatic rings. The molecule has 0 atom stereocenters. The van der Waals surface area contributed by atoms with Crippen molar-refractivity contribution in [2.24, 2.45) is 0 Å². The van der Waals surface area contributed by atoms with Crippen LogP contribution in [-0.2, 0) is 11.4 Å². The SMILES string of the molecule is Cc1ccc(OCC(=O)Nc2ccc(OCc3cc(=O)n4ccccc4n3)cc2)cc1C. The maximum Gasteiger partial charge on any atom is 0.262 e. The Labute approximate surface area is 185 Å². The predicted molar refractivity (Wildman–Crippen MR) is 122 cm³/mol. The lowest BCUT2D eigenvalue weighted by Gasteiger charge is -2.10. The molecule has 4 rings (SSSR count). The van der Waals surface area contributed by atoms with Gasteiger partial charge in [0.2, 0.25) is 0 Å². The van der Waals surface area contributed by atoms with Crippen LogP contribution in [0.3, 0.4) is 0 Å². The van der Waals surface area contributed by atoms with Crippen LogP contribution in [0.25, 0.3) is 5.65 Å². The van der Waals surface area contributed by atoms with Gasteiger partial charge in [0.05, 0.1) is 5.69 Å². The van der Waals surface area contributed by atoms with Crippen LogP contribution in [0.5, 0.6) is 11.5 Å². The van der Waals surface area contributed by atoms with Crippen LogP contribution in [0.1, 0.15) is 16.8 Å². The van der Waals surface area contributed by atoms with Crippen molar-refractivity contribution in [2.45, 2.75) is 20.5 Å². The zero-order valence-corrected chi connectivity index (χ0v) is 17.9. The Morgan fingerprint density at radius 2 is 1.72 bits per heavy atom. The standard InChI is InChI=1S/C25H23N3O4/c1-17-6-9-22(13-18(17)2)32-16-24(29)27-19-7-10-21(11-8-19)31-15-20-14-25(30)28-12-4-3-5-23(28)26-20/h3-14H,15-16H2,1-2H3,(H,27,29). The number of nitrogens with zero attached hydrogens (tertiary/aromatic N) is 2. The van der Waals surface area contributed by atoms with Crippen LogP contribution < -0.4 is 20.3 Å². The number of ether oxygens (including phenoxy) is 2. The van der Waals surface area contributed by atoms with Gasteiger partial charge in [-0.15, -0.1) is 0 Å². The summed E-state index contributed by atoms with van der Waals surface area (Å²) in [5, 5.41) is 2.79. The van der Waals surface area contributed by atoms with E-state index in [2.05, 4.69) is 10.3 Å². The molecular weight excluding hydrogens is 406 g/mol. The second-order valence-corrected chi connectivity index (χ2v) is 7.41. The van der Waals surface area contributed by atoms with Gasteiger partial charge in [0.25, 0.3) is 11.5 Å². The molecule has 7 heteroatoms. The third-order valence-electron chi connectivity index (χ3n) is 5.00. The number of hydrogen-bond donors (Lipinski definition) is 1. The number of rotatable bonds is 7. The summed E-state index contributed by atoms with van der Waals surface area (Å²) >= 11 is 0. The van der Waals surface area contributed by atoms with E-state index in [1.54, 1.807) is 42.6 Å². The first-order chi connectivity index (χ1) is 15.5. The van der Waals surface area contributed by atoms with Gasteiger partial charge in [-0.05, 0) is 73.5 Å². The fourth-order valence-electron chi connectivity index (χ4n) is 3.12. The summed E-state index contributed by atoms with van der Waals surface area (Å²) in [5.74, 6) is 1.01. The highest BCUT2D eigenvalue weighted by atomic mass is 16.5. The normalized spacial score (nSPS) is 10.7. The molecule has 0 aliphatic heterocycles. The van der Waals surface area contributed by atoms with E-state index >= 15 is 0 Å². The number of amides is 1. The molecule has 0 aliphatic rings. The molecule has 0 radical (unpaired) electrons. The molecule has 1 amide bonds. The summed E-state index contributed by atoms with van der Waals surface area (Å²) in [7, 11) is 0. The van der Waals surface area contributed by atoms with Gasteiger partial charge in [-0.3, -0.25) is 14.0 Å². The largest absolute Gasteiger partial charge is 0.487 e. The number of nitrogens with one attached hydrogen (secondary N) is 1. The van der Waals surface area contributed by atoms with Crippen molar-refractivity contribution in [1.29, 1.82) is 0 Å². The van der Waals surface area contributed by atoms with E-state index in [1.807, 2.05) is 38.1 Å². The first kappa shape index (κ1) is 21.1. The monoisotopic (exact) mass is 429 g/mol. The lowest BCUT2D eigenvalue weighted by atomic mass is 10.1. The number of aryl methyl sites for hydroxylation is 2. The molecule has 7 nitrogen and oxygen atoms in total. The van der Waals surface area contributed by atoms with Gasteiger partial charge in [-0.1, -0.05) is 12.1 Å². The van der Waals surface area contributed by atoms with E-state index in [4.69, 9.17) is 9.47 Å². The zero-order valence-electron chi connectivity index (χ0n) is 17.9. The van der Waals surface area contributed by atoms with Crippen LogP contribution in [-0.4, -0.2) is 21.9 Å². The van der Waals surface area contributed by atoms with E-state index in [0.717, 1.165) is 5.56 Å². The van der Waals surface area contributed by atoms with Gasteiger partial charge in [0.15, 0.2) is 6.61 Å². The van der Waals surface area contributed by atoms with Crippen molar-refractivity contribution < 1.29 is 14.3 Å². The zero-order chi connectivity index (χ0) is 22.5. The number of benzene rings is 2. The predicted octanol–water partition coefficient (Wildman–Crippen LogP) is 3.91. The Morgan fingerprint density at radius 1 is 0.938 bits per heavy atom. The summed E-state index contributed by atoms with van der Waals surface area (Å²) < 4.78 is 12.8. The lowest BCUT2D eigenvalue weighted by molar-refractivity contribution is -0.118. The van der Waals surface area contributed by atoms with Crippen LogP contribution in [0, 0.1) is 13.8 Å². The Kier molecular flexibility index (Phi) is 6.17. The van der Waals surface area contributed by atoms with E-state index in [0.29, 0.717) is 28.5 Å². The third-order valence-corrected chi connectivity index (χ3v) is 5.00. The van der Waals surface area contributed by atoms with Gasteiger partial charge in [-0.2, -0.15) is 0 Å². The molecule has 162 valence electrons. The molecule has 2 heterocycles. The Hall–Kier alpha value is -4.13. The average molecular weight is 429 g/mol. The Balaban J connectivity index is 1.30. The summed E-state index contributed by atoms with van der Waals surface area (Å²) in [4.78, 5) is 28.7. The van der Waals surface area contributed by atoms with Crippen LogP contribution in [0.4, 0.5) is 5.69 Å². The molecular formula is C25H23N3O4. The molecule has 2 aromatic heterocycles. The fourth-order valence-corrected chi connectivity index (χ4v) is 3.12. The molecule has 0 aliphatic carbocycles. The maximum absolute atomic E-state index is 12.2. The second-order valence-electron chi connectivity index (χ2n) is 7.41. The van der Waals surface area contributed by atoms with Gasteiger partial charge in [0, 0.05) is 18.0 Å². The van der Waals surface area contributed by atoms with Gasteiger partial charge in [-0.25, -0.2) is 4.98 Å². The van der Waals surface area contributed by atoms with Crippen molar-refractivity contribution in [3.8, 4) is 11.5 Å². The number of carbonyl (C=O) groups is 1. The van der Waals surface area contributed by atoms with Crippen molar-refractivity contribution >= 4 is 17.2 Å². The summed E-state index contributed by atoms with van der Waals surface area (Å²) in [5.41, 5.74) is 3.88. The summed E-state index contributed by atoms with van der Waals surface area (Å²) in [6.45, 7) is 4.11. The smallest absolute Gasteiger partial charge is 0.262 e. The highest BCUT2D eigenvalue weighted by Gasteiger charge is 2.06. The Bertz CT molecular complexity index is 1310. The first-order valence-corrected chi connectivity index (χ1v) is 10.2. The molecule has 2 aromatic carbocycles. The van der Waals surface area contributed by atoms with E-state index in [1.165, 1.54) is 16.0 Å². The highest BCUT2D eigenvalue weighted by Crippen LogP contribution is 2.18. The molecule has 0 unspecified atom stereocenters. The third kappa shape index (κ3) is 5.13. The van der Waals surface area contributed by atoms with Crippen LogP contribution >= 0.6 is 0 Å². The lowest BCUT2D eigenvalue weighted by Crippen LogP contribution is -2.20. The van der Waals surface area contributed by atoms with Gasteiger partial charge in [0.1, 0.15) is 23.8 Å². The number of pyridine rings is 1.